The molecule has 0 radical (unpaired) electrons. The molecule has 2 rings (SSSR count). The molecule has 1 N–H and O–H groups in total. The number of aliphatic hydroxyl groups excluding tert-OH is 1. The molecule has 0 aliphatic heterocycles. The first-order valence-corrected chi connectivity index (χ1v) is 6.50. The van der Waals surface area contributed by atoms with Crippen molar-refractivity contribution >= 4 is 21.6 Å². The van der Waals surface area contributed by atoms with Gasteiger partial charge in [-0.3, -0.25) is 4.98 Å². The van der Waals surface area contributed by atoms with Gasteiger partial charge in [0.25, 0.3) is 0 Å². The lowest BCUT2D eigenvalue weighted by atomic mass is 10.1. The first-order chi connectivity index (χ1) is 8.70. The van der Waals surface area contributed by atoms with Gasteiger partial charge in [0, 0.05) is 29.0 Å². The van der Waals surface area contributed by atoms with Gasteiger partial charge in [-0.1, -0.05) is 28.1 Å². The molecule has 0 spiro atoms. The molecule has 1 heterocycles. The number of aliphatic hydroxyl groups is 1. The van der Waals surface area contributed by atoms with E-state index in [1.54, 1.807) is 6.20 Å². The molecule has 1 aromatic heterocycles. The Morgan fingerprint density at radius 2 is 2.11 bits per heavy atom. The minimum absolute atomic E-state index is 0.0369. The Kier molecular flexibility index (Phi) is 4.33. The van der Waals surface area contributed by atoms with Crippen molar-refractivity contribution in [3.05, 3.63) is 58.3 Å². The van der Waals surface area contributed by atoms with Gasteiger partial charge < -0.3 is 10.0 Å². The number of hydrogen-bond acceptors (Lipinski definition) is 3. The molecule has 2 aromatic rings. The van der Waals surface area contributed by atoms with Gasteiger partial charge in [0.1, 0.15) is 0 Å². The van der Waals surface area contributed by atoms with Crippen LogP contribution in [0.2, 0.25) is 0 Å². The van der Waals surface area contributed by atoms with Crippen molar-refractivity contribution in [3.63, 3.8) is 0 Å². The number of anilines is 1. The summed E-state index contributed by atoms with van der Waals surface area (Å²) >= 11 is 3.46. The average Bonchev–Trinajstić information content (AvgIpc) is 2.40. The number of halogens is 1. The Balaban J connectivity index is 2.23. The number of aromatic nitrogens is 1. The molecule has 94 valence electrons. The SMILES string of the molecule is CN(Cc1ccccn1)c1cc(Br)ccc1CO. The fourth-order valence-corrected chi connectivity index (χ4v) is 2.19. The van der Waals surface area contributed by atoms with Crippen molar-refractivity contribution in [1.29, 1.82) is 0 Å². The van der Waals surface area contributed by atoms with E-state index >= 15 is 0 Å². The maximum atomic E-state index is 9.37. The molecule has 0 bridgehead atoms. The lowest BCUT2D eigenvalue weighted by molar-refractivity contribution is 0.282. The molecule has 0 unspecified atom stereocenters. The van der Waals surface area contributed by atoms with E-state index in [1.807, 2.05) is 43.4 Å². The maximum Gasteiger partial charge on any atom is 0.0702 e. The average molecular weight is 307 g/mol. The van der Waals surface area contributed by atoms with Gasteiger partial charge in [-0.25, -0.2) is 0 Å². The normalized spacial score (nSPS) is 10.4. The van der Waals surface area contributed by atoms with Crippen LogP contribution in [-0.4, -0.2) is 17.1 Å². The molecule has 1 aromatic carbocycles. The molecule has 18 heavy (non-hydrogen) atoms. The second-order valence-corrected chi connectivity index (χ2v) is 5.02. The maximum absolute atomic E-state index is 9.37. The molecule has 0 aliphatic rings. The van der Waals surface area contributed by atoms with Crippen LogP contribution >= 0.6 is 15.9 Å². The summed E-state index contributed by atoms with van der Waals surface area (Å²) in [7, 11) is 2.00. The Morgan fingerprint density at radius 1 is 1.28 bits per heavy atom. The van der Waals surface area contributed by atoms with Gasteiger partial charge in [0.15, 0.2) is 0 Å². The molecular weight excluding hydrogens is 292 g/mol. The number of nitrogens with zero attached hydrogens (tertiary/aromatic N) is 2. The van der Waals surface area contributed by atoms with Gasteiger partial charge in [0.2, 0.25) is 0 Å². The third-order valence-corrected chi connectivity index (χ3v) is 3.25. The molecule has 0 fully saturated rings. The summed E-state index contributed by atoms with van der Waals surface area (Å²) in [4.78, 5) is 6.39. The zero-order valence-corrected chi connectivity index (χ0v) is 11.8. The summed E-state index contributed by atoms with van der Waals surface area (Å²) in [5.74, 6) is 0. The van der Waals surface area contributed by atoms with E-state index in [4.69, 9.17) is 0 Å². The smallest absolute Gasteiger partial charge is 0.0702 e. The summed E-state index contributed by atoms with van der Waals surface area (Å²) in [6.45, 7) is 0.749. The summed E-state index contributed by atoms with van der Waals surface area (Å²) in [5.41, 5.74) is 2.93. The highest BCUT2D eigenvalue weighted by molar-refractivity contribution is 9.10. The Labute approximate surface area is 115 Å². The van der Waals surface area contributed by atoms with Crippen LogP contribution in [0.4, 0.5) is 5.69 Å². The first-order valence-electron chi connectivity index (χ1n) is 5.71. The zero-order valence-electron chi connectivity index (χ0n) is 10.2. The number of benzene rings is 1. The van der Waals surface area contributed by atoms with Crippen molar-refractivity contribution in [2.24, 2.45) is 0 Å². The molecular formula is C14H15BrN2O. The molecule has 0 aliphatic carbocycles. The summed E-state index contributed by atoms with van der Waals surface area (Å²) in [6.07, 6.45) is 1.79. The monoisotopic (exact) mass is 306 g/mol. The van der Waals surface area contributed by atoms with Crippen molar-refractivity contribution in [1.82, 2.24) is 4.98 Å². The van der Waals surface area contributed by atoms with Crippen LogP contribution in [0, 0.1) is 0 Å². The highest BCUT2D eigenvalue weighted by Crippen LogP contribution is 2.25. The van der Waals surface area contributed by atoms with Crippen LogP contribution in [-0.2, 0) is 13.2 Å². The van der Waals surface area contributed by atoms with Crippen molar-refractivity contribution in [2.75, 3.05) is 11.9 Å². The lowest BCUT2D eigenvalue weighted by Gasteiger charge is -2.22. The molecule has 3 nitrogen and oxygen atoms in total. The number of pyridine rings is 1. The van der Waals surface area contributed by atoms with Crippen molar-refractivity contribution in [2.45, 2.75) is 13.2 Å². The lowest BCUT2D eigenvalue weighted by Crippen LogP contribution is -2.18. The van der Waals surface area contributed by atoms with E-state index in [9.17, 15) is 5.11 Å². The molecule has 0 atom stereocenters. The summed E-state index contributed by atoms with van der Waals surface area (Å²) < 4.78 is 1.00. The van der Waals surface area contributed by atoms with E-state index in [2.05, 4.69) is 25.8 Å². The van der Waals surface area contributed by atoms with Gasteiger partial charge in [-0.15, -0.1) is 0 Å². The van der Waals surface area contributed by atoms with Crippen LogP contribution < -0.4 is 4.90 Å². The van der Waals surface area contributed by atoms with Crippen molar-refractivity contribution < 1.29 is 5.11 Å². The van der Waals surface area contributed by atoms with E-state index < -0.39 is 0 Å². The highest BCUT2D eigenvalue weighted by Gasteiger charge is 2.08. The van der Waals surface area contributed by atoms with Gasteiger partial charge in [-0.2, -0.15) is 0 Å². The predicted octanol–water partition coefficient (Wildman–Crippen LogP) is 2.97. The standard InChI is InChI=1S/C14H15BrN2O/c1-17(9-13-4-2-3-7-16-13)14-8-12(15)6-5-11(14)10-18/h2-8,18H,9-10H2,1H3. The van der Waals surface area contributed by atoms with E-state index in [1.165, 1.54) is 0 Å². The Morgan fingerprint density at radius 3 is 2.78 bits per heavy atom. The minimum Gasteiger partial charge on any atom is -0.392 e. The molecule has 0 amide bonds. The van der Waals surface area contributed by atoms with E-state index in [0.29, 0.717) is 6.54 Å². The fraction of sp³-hybridized carbons (Fsp3) is 0.214. The quantitative estimate of drug-likeness (QED) is 0.943. The molecule has 0 saturated carbocycles. The largest absolute Gasteiger partial charge is 0.392 e. The zero-order chi connectivity index (χ0) is 13.0. The highest BCUT2D eigenvalue weighted by atomic mass is 79.9. The summed E-state index contributed by atoms with van der Waals surface area (Å²) in [5, 5.41) is 9.37. The van der Waals surface area contributed by atoms with Gasteiger partial charge in [-0.05, 0) is 24.3 Å². The minimum atomic E-state index is 0.0369. The second-order valence-electron chi connectivity index (χ2n) is 4.11. The first kappa shape index (κ1) is 13.1. The topological polar surface area (TPSA) is 36.4 Å². The van der Waals surface area contributed by atoms with Gasteiger partial charge in [0.05, 0.1) is 18.8 Å². The number of rotatable bonds is 4. The molecule has 4 heteroatoms. The second kappa shape index (κ2) is 5.98. The van der Waals surface area contributed by atoms with E-state index in [0.717, 1.165) is 21.4 Å². The number of hydrogen-bond donors (Lipinski definition) is 1. The Bertz CT molecular complexity index is 516. The predicted molar refractivity (Wildman–Crippen MR) is 76.4 cm³/mol. The third kappa shape index (κ3) is 3.09. The van der Waals surface area contributed by atoms with Crippen LogP contribution in [0.3, 0.4) is 0 Å². The third-order valence-electron chi connectivity index (χ3n) is 2.75. The Hall–Kier alpha value is -1.39. The van der Waals surface area contributed by atoms with Crippen LogP contribution in [0.1, 0.15) is 11.3 Å². The van der Waals surface area contributed by atoms with E-state index in [-0.39, 0.29) is 6.61 Å². The molecule has 0 saturated heterocycles. The van der Waals surface area contributed by atoms with Crippen molar-refractivity contribution in [3.8, 4) is 0 Å². The van der Waals surface area contributed by atoms with Crippen LogP contribution in [0.25, 0.3) is 0 Å². The fourth-order valence-electron chi connectivity index (χ4n) is 1.85. The van der Waals surface area contributed by atoms with Crippen LogP contribution in [0.5, 0.6) is 0 Å². The van der Waals surface area contributed by atoms with Crippen LogP contribution in [0.15, 0.2) is 47.1 Å². The summed E-state index contributed by atoms with van der Waals surface area (Å²) in [6, 6.07) is 11.7. The van der Waals surface area contributed by atoms with Gasteiger partial charge >= 0.3 is 0 Å².